The molecule has 0 amide bonds. The van der Waals surface area contributed by atoms with Gasteiger partial charge in [-0.1, -0.05) is 0 Å². The zero-order chi connectivity index (χ0) is 3.41. The first kappa shape index (κ1) is 4.60. The van der Waals surface area contributed by atoms with Gasteiger partial charge in [0.1, 0.15) is 0 Å². The van der Waals surface area contributed by atoms with E-state index in [1.165, 1.54) is 15.4 Å². The first-order valence-electron chi connectivity index (χ1n) is 0.963. The molecule has 0 nitrogen and oxygen atoms in total. The van der Waals surface area contributed by atoms with Crippen molar-refractivity contribution in [1.29, 1.82) is 0 Å². The minimum atomic E-state index is 1.22. The first-order valence-corrected chi connectivity index (χ1v) is 4.09. The average Bonchev–Trinajstić information content (AvgIpc) is 1.37. The van der Waals surface area contributed by atoms with Crippen LogP contribution in [-0.4, -0.2) is 13.0 Å². The molecule has 0 saturated carbocycles. The zero-order valence-electron chi connectivity index (χ0n) is 2.60. The molecule has 22 valence electrons. The molecule has 0 aromatic heterocycles. The molecule has 0 aliphatic rings. The van der Waals surface area contributed by atoms with Crippen molar-refractivity contribution in [2.75, 3.05) is 6.66 Å². The third-order valence-corrected chi connectivity index (χ3v) is 1.27. The minimum absolute atomic E-state index is 1.22. The van der Waals surface area contributed by atoms with Crippen molar-refractivity contribution in [2.45, 2.75) is 0 Å². The molecule has 0 rings (SSSR count). The summed E-state index contributed by atoms with van der Waals surface area (Å²) in [6.45, 7) is 2.08. The molecule has 0 saturated heterocycles. The molecular weight excluding hydrogens is 86.0 g/mol. The molecule has 0 radical (unpaired) electrons. The summed E-state index contributed by atoms with van der Waals surface area (Å²) in [5.41, 5.74) is 0. The summed E-state index contributed by atoms with van der Waals surface area (Å²) >= 11 is 0. The van der Waals surface area contributed by atoms with Crippen molar-refractivity contribution in [3.8, 4) is 0 Å². The van der Waals surface area contributed by atoms with Crippen LogP contribution in [0.2, 0.25) is 0 Å². The quantitative estimate of drug-likeness (QED) is 0.399. The molecule has 0 fully saturated rings. The fourth-order valence-electron chi connectivity index (χ4n) is 0. The normalized spacial score (nSPS) is 7.25. The van der Waals surface area contributed by atoms with Crippen molar-refractivity contribution in [2.24, 2.45) is 0 Å². The zero-order valence-corrected chi connectivity index (χ0v) is 4.39. The van der Waals surface area contributed by atoms with Crippen LogP contribution >= 0.6 is 15.4 Å². The van der Waals surface area contributed by atoms with Gasteiger partial charge in [0.25, 0.3) is 0 Å². The summed E-state index contributed by atoms with van der Waals surface area (Å²) in [7, 11) is 2.58. The van der Waals surface area contributed by atoms with E-state index in [4.69, 9.17) is 0 Å². The second-order valence-electron chi connectivity index (χ2n) is 0.341. The molecule has 0 atom stereocenters. The van der Waals surface area contributed by atoms with Gasteiger partial charge in [0, 0.05) is 0 Å². The van der Waals surface area contributed by atoms with Gasteiger partial charge in [0.15, 0.2) is 0 Å². The summed E-state index contributed by atoms with van der Waals surface area (Å²) in [4.78, 5) is 0. The van der Waals surface area contributed by atoms with Crippen LogP contribution < -0.4 is 0 Å². The molecule has 0 heterocycles. The van der Waals surface area contributed by atoms with E-state index in [1.807, 2.05) is 0 Å². The van der Waals surface area contributed by atoms with E-state index in [-0.39, 0.29) is 0 Å². The van der Waals surface area contributed by atoms with Crippen LogP contribution in [0.15, 0.2) is 0 Å². The van der Waals surface area contributed by atoms with Crippen molar-refractivity contribution < 1.29 is 0 Å². The third kappa shape index (κ3) is 2.60. The van der Waals surface area contributed by atoms with Gasteiger partial charge in [-0.15, -0.1) is 0 Å². The Morgan fingerprint density at radius 2 is 2.25 bits per heavy atom. The molecule has 0 unspecified atom stereocenters. The van der Waals surface area contributed by atoms with E-state index in [9.17, 15) is 0 Å². The van der Waals surface area contributed by atoms with Gasteiger partial charge in [-0.05, 0) is 0 Å². The SMILES string of the molecule is C=[P+]=PC. The Morgan fingerprint density at radius 1 is 2.00 bits per heavy atom. The van der Waals surface area contributed by atoms with Crippen LogP contribution in [0.5, 0.6) is 0 Å². The van der Waals surface area contributed by atoms with Gasteiger partial charge >= 0.3 is 28.3 Å². The standard InChI is InChI=1S/C2H5P2/c1-3-4-2/h1H2,2H3/q+1. The van der Waals surface area contributed by atoms with Gasteiger partial charge in [0.2, 0.25) is 0 Å². The maximum absolute atomic E-state index is 3.56. The fraction of sp³-hybridized carbons (Fsp3) is 0.500. The Kier molecular flexibility index (Phi) is 4.14. The Morgan fingerprint density at radius 3 is 2.25 bits per heavy atom. The molecule has 0 aliphatic carbocycles. The monoisotopic (exact) mass is 91.0 g/mol. The van der Waals surface area contributed by atoms with Crippen LogP contribution in [0.4, 0.5) is 0 Å². The van der Waals surface area contributed by atoms with Crippen LogP contribution in [0.1, 0.15) is 0 Å². The van der Waals surface area contributed by atoms with Crippen molar-refractivity contribution in [3.05, 3.63) is 0 Å². The molecule has 0 N–H and O–H groups in total. The predicted molar refractivity (Wildman–Crippen MR) is 26.9 cm³/mol. The third-order valence-electron chi connectivity index (χ3n) is 0.141. The fourth-order valence-corrected chi connectivity index (χ4v) is 0. The predicted octanol–water partition coefficient (Wildman–Crippen LogP) is 1.86. The number of rotatable bonds is 0. The van der Waals surface area contributed by atoms with Gasteiger partial charge < -0.3 is 0 Å². The maximum atomic E-state index is 3.56. The van der Waals surface area contributed by atoms with Crippen molar-refractivity contribution in [3.63, 3.8) is 0 Å². The Labute approximate surface area is 29.3 Å². The van der Waals surface area contributed by atoms with Gasteiger partial charge in [-0.2, -0.15) is 0 Å². The molecule has 0 spiro atoms. The van der Waals surface area contributed by atoms with E-state index < -0.39 is 0 Å². The number of hydrogen-bond donors (Lipinski definition) is 0. The summed E-state index contributed by atoms with van der Waals surface area (Å²) < 4.78 is 0. The molecule has 2 heteroatoms. The van der Waals surface area contributed by atoms with E-state index in [2.05, 4.69) is 13.0 Å². The average molecular weight is 91.0 g/mol. The van der Waals surface area contributed by atoms with E-state index >= 15 is 0 Å². The molecule has 4 heavy (non-hydrogen) atoms. The van der Waals surface area contributed by atoms with E-state index in [0.29, 0.717) is 0 Å². The van der Waals surface area contributed by atoms with Gasteiger partial charge in [0.05, 0.1) is 0 Å². The Bertz CT molecular complexity index is 42.0. The molecule has 0 bridgehead atoms. The second-order valence-corrected chi connectivity index (χ2v) is 3.07. The van der Waals surface area contributed by atoms with Crippen molar-refractivity contribution >= 4 is 21.7 Å². The van der Waals surface area contributed by atoms with Gasteiger partial charge in [-0.3, -0.25) is 0 Å². The molecular formula is C2H5P2+. The Balaban J connectivity index is 3.11. The van der Waals surface area contributed by atoms with Crippen molar-refractivity contribution in [1.82, 2.24) is 0 Å². The topological polar surface area (TPSA) is 0 Å². The molecule has 0 aromatic carbocycles. The summed E-state index contributed by atoms with van der Waals surface area (Å²) in [5.74, 6) is 0. The van der Waals surface area contributed by atoms with E-state index in [0.717, 1.165) is 0 Å². The first-order chi connectivity index (χ1) is 1.91. The van der Waals surface area contributed by atoms with Crippen LogP contribution in [0.25, 0.3) is 0 Å². The van der Waals surface area contributed by atoms with Gasteiger partial charge in [-0.25, -0.2) is 0 Å². The Hall–Kier alpha value is 0.600. The molecule has 0 aliphatic heterocycles. The van der Waals surface area contributed by atoms with E-state index in [1.54, 1.807) is 0 Å². The van der Waals surface area contributed by atoms with Crippen LogP contribution in [-0.2, 0) is 0 Å². The van der Waals surface area contributed by atoms with Crippen LogP contribution in [0.3, 0.4) is 0 Å². The molecule has 0 aromatic rings. The number of hydrogen-bond acceptors (Lipinski definition) is 0. The summed E-state index contributed by atoms with van der Waals surface area (Å²) in [6, 6.07) is 0. The summed E-state index contributed by atoms with van der Waals surface area (Å²) in [5, 5.41) is 0. The van der Waals surface area contributed by atoms with Crippen LogP contribution in [0, 0.1) is 0 Å². The summed E-state index contributed by atoms with van der Waals surface area (Å²) in [6.07, 6.45) is 3.56. The second kappa shape index (κ2) is 3.60.